The molecule has 4 heteroatoms. The van der Waals surface area contributed by atoms with E-state index in [4.69, 9.17) is 0 Å². The Kier molecular flexibility index (Phi) is 8.99. The van der Waals surface area contributed by atoms with E-state index in [2.05, 4.69) is 9.13 Å². The number of hydrogen-bond acceptors (Lipinski definition) is 2. The summed E-state index contributed by atoms with van der Waals surface area (Å²) in [5.74, 6) is 0. The number of hydrogen-bond donors (Lipinski definition) is 0. The molecule has 0 bridgehead atoms. The van der Waals surface area contributed by atoms with Crippen LogP contribution in [0.4, 0.5) is 0 Å². The molecule has 4 rings (SSSR count). The van der Waals surface area contributed by atoms with E-state index in [-0.39, 0.29) is 18.4 Å². The molecule has 2 nitrogen and oxygen atoms in total. The molecule has 4 saturated carbocycles. The van der Waals surface area contributed by atoms with Crippen LogP contribution in [0.1, 0.15) is 128 Å². The van der Waals surface area contributed by atoms with Crippen LogP contribution < -0.4 is 0 Å². The number of rotatable bonds is 7. The molecule has 0 unspecified atom stereocenters. The topological polar surface area (TPSA) is 6.48 Å². The van der Waals surface area contributed by atoms with Crippen LogP contribution in [0.5, 0.6) is 0 Å². The quantitative estimate of drug-likeness (QED) is 0.534. The summed E-state index contributed by atoms with van der Waals surface area (Å²) in [6.45, 7) is 0. The summed E-state index contributed by atoms with van der Waals surface area (Å²) in [5.41, 5.74) is 0. The average Bonchev–Trinajstić information content (AvgIpc) is 2.79. The highest BCUT2D eigenvalue weighted by atomic mass is 29.2. The fourth-order valence-corrected chi connectivity index (χ4v) is 16.4. The van der Waals surface area contributed by atoms with E-state index in [0.29, 0.717) is 0 Å². The molecule has 0 amide bonds. The van der Waals surface area contributed by atoms with Crippen LogP contribution in [-0.2, 0) is 0 Å². The average molecular weight is 421 g/mol. The van der Waals surface area contributed by atoms with E-state index < -0.39 is 0 Å². The van der Waals surface area contributed by atoms with Crippen molar-refractivity contribution >= 4 is 18.4 Å². The Labute approximate surface area is 180 Å². The van der Waals surface area contributed by atoms with Crippen LogP contribution in [-0.4, -0.2) is 51.7 Å². The van der Waals surface area contributed by atoms with Crippen molar-refractivity contribution < 1.29 is 0 Å². The molecule has 0 atom stereocenters. The van der Waals surface area contributed by atoms with E-state index in [1.165, 1.54) is 77.0 Å². The van der Waals surface area contributed by atoms with E-state index in [1.54, 1.807) is 51.4 Å². The molecule has 0 heterocycles. The zero-order chi connectivity index (χ0) is 19.0. The summed E-state index contributed by atoms with van der Waals surface area (Å²) >= 11 is 0. The zero-order valence-corrected chi connectivity index (χ0v) is 21.6. The van der Waals surface area contributed by atoms with Gasteiger partial charge in [0.15, 0.2) is 0 Å². The first-order valence-electron chi connectivity index (χ1n) is 13.4. The van der Waals surface area contributed by atoms with Crippen molar-refractivity contribution in [3.63, 3.8) is 0 Å². The normalized spacial score (nSPS) is 28.5. The van der Waals surface area contributed by atoms with Crippen molar-refractivity contribution in [3.05, 3.63) is 0 Å². The SMILES string of the molecule is C1CCC(N([SiH2][SiH2]N(C2CCCCC2)C2CCCCC2)C2CCCCC2)CC1. The molecule has 4 aliphatic carbocycles. The van der Waals surface area contributed by atoms with Gasteiger partial charge in [-0.3, -0.25) is 0 Å². The van der Waals surface area contributed by atoms with Gasteiger partial charge < -0.3 is 9.13 Å². The van der Waals surface area contributed by atoms with Gasteiger partial charge in [0.1, 0.15) is 0 Å². The first-order chi connectivity index (χ1) is 13.9. The van der Waals surface area contributed by atoms with Gasteiger partial charge in [-0.2, -0.15) is 0 Å². The zero-order valence-electron chi connectivity index (χ0n) is 18.8. The fraction of sp³-hybridized carbons (Fsp3) is 1.00. The van der Waals surface area contributed by atoms with Crippen LogP contribution >= 0.6 is 0 Å². The molecule has 162 valence electrons. The smallest absolute Gasteiger partial charge is 0.0975 e. The van der Waals surface area contributed by atoms with E-state index >= 15 is 0 Å². The lowest BCUT2D eigenvalue weighted by Gasteiger charge is -2.46. The summed E-state index contributed by atoms with van der Waals surface area (Å²) in [4.78, 5) is 0. The molecule has 0 radical (unpaired) electrons. The molecule has 0 aromatic heterocycles. The maximum atomic E-state index is 3.27. The maximum Gasteiger partial charge on any atom is 0.0975 e. The van der Waals surface area contributed by atoms with E-state index in [0.717, 1.165) is 24.2 Å². The minimum absolute atomic E-state index is 0.00369. The Hall–Kier alpha value is 0.354. The van der Waals surface area contributed by atoms with E-state index in [9.17, 15) is 0 Å². The second kappa shape index (κ2) is 11.7. The summed E-state index contributed by atoms with van der Waals surface area (Å²) < 4.78 is 6.53. The molecule has 0 spiro atoms. The summed E-state index contributed by atoms with van der Waals surface area (Å²) in [7, 11) is -0.00739. The van der Waals surface area contributed by atoms with Gasteiger partial charge in [-0.05, 0) is 51.4 Å². The predicted molar refractivity (Wildman–Crippen MR) is 128 cm³/mol. The first-order valence-corrected chi connectivity index (χ1v) is 18.7. The molecule has 4 aliphatic rings. The summed E-state index contributed by atoms with van der Waals surface area (Å²) in [5, 5.41) is 0. The molecule has 0 saturated heterocycles. The standard InChI is InChI=1S/C24H48N2Si2/c1-5-13-21(14-6-1)25(22-15-7-2-8-16-22)27-28-26(23-17-9-3-10-18-23)24-19-11-4-12-20-24/h21-24H,1-20,27-28H2. The van der Waals surface area contributed by atoms with Gasteiger partial charge in [-0.1, -0.05) is 77.0 Å². The molecular weight excluding hydrogens is 372 g/mol. The van der Waals surface area contributed by atoms with Gasteiger partial charge in [-0.25, -0.2) is 0 Å². The van der Waals surface area contributed by atoms with Gasteiger partial charge in [-0.15, -0.1) is 0 Å². The Balaban J connectivity index is 1.41. The third-order valence-corrected chi connectivity index (χ3v) is 15.8. The summed E-state index contributed by atoms with van der Waals surface area (Å²) in [6.07, 6.45) is 30.7. The first kappa shape index (κ1) is 21.6. The molecule has 0 aromatic rings. The third-order valence-electron chi connectivity index (χ3n) is 8.79. The highest BCUT2D eigenvalue weighted by Gasteiger charge is 2.32. The van der Waals surface area contributed by atoms with Crippen molar-refractivity contribution in [3.8, 4) is 0 Å². The lowest BCUT2D eigenvalue weighted by Crippen LogP contribution is -2.56. The lowest BCUT2D eigenvalue weighted by atomic mass is 9.91. The van der Waals surface area contributed by atoms with Crippen molar-refractivity contribution in [2.45, 2.75) is 153 Å². The van der Waals surface area contributed by atoms with Crippen molar-refractivity contribution in [2.24, 2.45) is 0 Å². The van der Waals surface area contributed by atoms with Crippen LogP contribution in [0, 0.1) is 0 Å². The molecular formula is C24H48N2Si2. The van der Waals surface area contributed by atoms with Gasteiger partial charge in [0.05, 0.1) is 18.4 Å². The van der Waals surface area contributed by atoms with Crippen LogP contribution in [0.2, 0.25) is 0 Å². The van der Waals surface area contributed by atoms with Crippen molar-refractivity contribution in [1.82, 2.24) is 9.13 Å². The van der Waals surface area contributed by atoms with Gasteiger partial charge in [0.25, 0.3) is 0 Å². The second-order valence-electron chi connectivity index (χ2n) is 10.6. The maximum absolute atomic E-state index is 3.27. The summed E-state index contributed by atoms with van der Waals surface area (Å²) in [6, 6.07) is 4.04. The largest absolute Gasteiger partial charge is 0.325 e. The monoisotopic (exact) mass is 420 g/mol. The predicted octanol–water partition coefficient (Wildman–Crippen LogP) is 5.00. The highest BCUT2D eigenvalue weighted by molar-refractivity contribution is 6.97. The second-order valence-corrected chi connectivity index (χ2v) is 15.7. The van der Waals surface area contributed by atoms with Crippen LogP contribution in [0.3, 0.4) is 0 Å². The highest BCUT2D eigenvalue weighted by Crippen LogP contribution is 2.32. The Morgan fingerprint density at radius 3 is 0.750 bits per heavy atom. The van der Waals surface area contributed by atoms with Crippen LogP contribution in [0.15, 0.2) is 0 Å². The van der Waals surface area contributed by atoms with Gasteiger partial charge >= 0.3 is 0 Å². The Morgan fingerprint density at radius 2 is 0.536 bits per heavy atom. The number of nitrogens with zero attached hydrogens (tertiary/aromatic N) is 2. The van der Waals surface area contributed by atoms with Gasteiger partial charge in [0, 0.05) is 24.2 Å². The molecule has 4 fully saturated rings. The molecule has 0 aliphatic heterocycles. The molecule has 0 aromatic carbocycles. The van der Waals surface area contributed by atoms with Crippen LogP contribution in [0.25, 0.3) is 0 Å². The molecule has 28 heavy (non-hydrogen) atoms. The Morgan fingerprint density at radius 1 is 0.321 bits per heavy atom. The van der Waals surface area contributed by atoms with E-state index in [1.807, 2.05) is 0 Å². The fourth-order valence-electron chi connectivity index (χ4n) is 7.21. The third kappa shape index (κ3) is 5.95. The molecule has 0 N–H and O–H groups in total. The lowest BCUT2D eigenvalue weighted by molar-refractivity contribution is 0.163. The van der Waals surface area contributed by atoms with Crippen molar-refractivity contribution in [1.29, 1.82) is 0 Å². The van der Waals surface area contributed by atoms with Crippen molar-refractivity contribution in [2.75, 3.05) is 0 Å². The minimum atomic E-state index is -0.00369. The minimum Gasteiger partial charge on any atom is -0.325 e. The Bertz CT molecular complexity index is 346. The van der Waals surface area contributed by atoms with Gasteiger partial charge in [0.2, 0.25) is 0 Å².